The minimum atomic E-state index is -0.540. The number of phenolic OH excluding ortho intramolecular Hbond substituents is 2. The summed E-state index contributed by atoms with van der Waals surface area (Å²) in [6.45, 7) is 0. The Morgan fingerprint density at radius 1 is 1.22 bits per heavy atom. The molecule has 5 nitrogen and oxygen atoms in total. The summed E-state index contributed by atoms with van der Waals surface area (Å²) in [5, 5.41) is 21.6. The van der Waals surface area contributed by atoms with Gasteiger partial charge in [0.25, 0.3) is 5.91 Å². The van der Waals surface area contributed by atoms with Gasteiger partial charge in [0.15, 0.2) is 0 Å². The number of hydrogen-bond donors (Lipinski definition) is 3. The molecular formula is C12H9ClN2O3. The van der Waals surface area contributed by atoms with Crippen LogP contribution in [0.15, 0.2) is 36.5 Å². The number of amides is 1. The topological polar surface area (TPSA) is 82.5 Å². The lowest BCUT2D eigenvalue weighted by atomic mass is 10.2. The molecule has 92 valence electrons. The molecule has 0 atom stereocenters. The first-order valence-electron chi connectivity index (χ1n) is 5.01. The molecule has 1 heterocycles. The zero-order valence-electron chi connectivity index (χ0n) is 9.09. The van der Waals surface area contributed by atoms with E-state index in [9.17, 15) is 9.90 Å². The van der Waals surface area contributed by atoms with Crippen molar-refractivity contribution in [3.63, 3.8) is 0 Å². The monoisotopic (exact) mass is 264 g/mol. The van der Waals surface area contributed by atoms with Crippen molar-refractivity contribution < 1.29 is 15.0 Å². The Bertz CT molecular complexity index is 602. The van der Waals surface area contributed by atoms with Gasteiger partial charge in [0.05, 0.1) is 5.56 Å². The van der Waals surface area contributed by atoms with Crippen LogP contribution in [0.1, 0.15) is 10.4 Å². The Kier molecular flexibility index (Phi) is 3.34. The fraction of sp³-hybridized carbons (Fsp3) is 0. The first-order chi connectivity index (χ1) is 8.56. The number of carbonyl (C=O) groups is 1. The van der Waals surface area contributed by atoms with Crippen LogP contribution in [-0.4, -0.2) is 21.1 Å². The fourth-order valence-electron chi connectivity index (χ4n) is 1.37. The Morgan fingerprint density at radius 3 is 2.67 bits per heavy atom. The number of aromatic hydroxyl groups is 2. The van der Waals surface area contributed by atoms with Crippen LogP contribution in [0.25, 0.3) is 0 Å². The van der Waals surface area contributed by atoms with Crippen LogP contribution in [0.4, 0.5) is 5.82 Å². The maximum atomic E-state index is 11.8. The second-order valence-electron chi connectivity index (χ2n) is 3.51. The third kappa shape index (κ3) is 2.70. The zero-order valence-corrected chi connectivity index (χ0v) is 9.85. The van der Waals surface area contributed by atoms with Gasteiger partial charge in [-0.05, 0) is 24.3 Å². The Hall–Kier alpha value is -2.27. The highest BCUT2D eigenvalue weighted by molar-refractivity contribution is 6.30. The lowest BCUT2D eigenvalue weighted by Crippen LogP contribution is -2.12. The SMILES string of the molecule is O=C(Nc1cc(Cl)ccn1)c1ccc(O)cc1O. The van der Waals surface area contributed by atoms with E-state index in [1.165, 1.54) is 24.4 Å². The molecular weight excluding hydrogens is 256 g/mol. The lowest BCUT2D eigenvalue weighted by Gasteiger charge is -2.06. The van der Waals surface area contributed by atoms with Crippen LogP contribution in [0.2, 0.25) is 5.02 Å². The number of phenols is 2. The fourth-order valence-corrected chi connectivity index (χ4v) is 1.53. The highest BCUT2D eigenvalue weighted by Gasteiger charge is 2.12. The Morgan fingerprint density at radius 2 is 2.00 bits per heavy atom. The predicted molar refractivity (Wildman–Crippen MR) is 67.0 cm³/mol. The molecule has 6 heteroatoms. The molecule has 0 radical (unpaired) electrons. The Labute approximate surface area is 108 Å². The third-order valence-electron chi connectivity index (χ3n) is 2.19. The van der Waals surface area contributed by atoms with Crippen molar-refractivity contribution in [3.05, 3.63) is 47.1 Å². The van der Waals surface area contributed by atoms with Gasteiger partial charge in [-0.25, -0.2) is 4.98 Å². The Balaban J connectivity index is 2.22. The summed E-state index contributed by atoms with van der Waals surface area (Å²) in [4.78, 5) is 15.7. The number of rotatable bonds is 2. The summed E-state index contributed by atoms with van der Waals surface area (Å²) in [6.07, 6.45) is 1.45. The van der Waals surface area contributed by atoms with E-state index < -0.39 is 5.91 Å². The molecule has 0 aliphatic heterocycles. The van der Waals surface area contributed by atoms with E-state index in [0.29, 0.717) is 5.02 Å². The van der Waals surface area contributed by atoms with E-state index in [2.05, 4.69) is 10.3 Å². The van der Waals surface area contributed by atoms with Crippen LogP contribution >= 0.6 is 11.6 Å². The molecule has 0 aliphatic rings. The number of benzene rings is 1. The summed E-state index contributed by atoms with van der Waals surface area (Å²) in [7, 11) is 0. The van der Waals surface area contributed by atoms with E-state index in [0.717, 1.165) is 6.07 Å². The number of hydrogen-bond acceptors (Lipinski definition) is 4. The first-order valence-corrected chi connectivity index (χ1v) is 5.39. The van der Waals surface area contributed by atoms with Crippen LogP contribution < -0.4 is 5.32 Å². The quantitative estimate of drug-likeness (QED) is 0.778. The number of aromatic nitrogens is 1. The van der Waals surface area contributed by atoms with Crippen LogP contribution in [0.3, 0.4) is 0 Å². The van der Waals surface area contributed by atoms with Gasteiger partial charge in [-0.3, -0.25) is 4.79 Å². The minimum absolute atomic E-state index is 0.0366. The van der Waals surface area contributed by atoms with Crippen molar-refractivity contribution in [2.75, 3.05) is 5.32 Å². The average Bonchev–Trinajstić information content (AvgIpc) is 2.28. The molecule has 2 aromatic rings. The normalized spacial score (nSPS) is 10.1. The summed E-state index contributed by atoms with van der Waals surface area (Å²) in [5.41, 5.74) is 0.0366. The van der Waals surface area contributed by atoms with Gasteiger partial charge in [-0.15, -0.1) is 0 Å². The number of carbonyl (C=O) groups excluding carboxylic acids is 1. The largest absolute Gasteiger partial charge is 0.508 e. The van der Waals surface area contributed by atoms with Gasteiger partial charge >= 0.3 is 0 Å². The highest BCUT2D eigenvalue weighted by Crippen LogP contribution is 2.23. The van der Waals surface area contributed by atoms with Crippen LogP contribution in [0, 0.1) is 0 Å². The molecule has 0 spiro atoms. The molecule has 0 saturated carbocycles. The highest BCUT2D eigenvalue weighted by atomic mass is 35.5. The molecule has 18 heavy (non-hydrogen) atoms. The second-order valence-corrected chi connectivity index (χ2v) is 3.95. The van der Waals surface area contributed by atoms with E-state index in [4.69, 9.17) is 16.7 Å². The van der Waals surface area contributed by atoms with Crippen LogP contribution in [0.5, 0.6) is 11.5 Å². The second kappa shape index (κ2) is 4.93. The van der Waals surface area contributed by atoms with Gasteiger partial charge in [-0.1, -0.05) is 11.6 Å². The minimum Gasteiger partial charge on any atom is -0.508 e. The van der Waals surface area contributed by atoms with Gasteiger partial charge in [0.2, 0.25) is 0 Å². The van der Waals surface area contributed by atoms with Gasteiger partial charge in [-0.2, -0.15) is 0 Å². The molecule has 1 amide bonds. The number of nitrogens with one attached hydrogen (secondary N) is 1. The first kappa shape index (κ1) is 12.2. The maximum Gasteiger partial charge on any atom is 0.260 e. The van der Waals surface area contributed by atoms with Crippen molar-refractivity contribution in [1.82, 2.24) is 4.98 Å². The molecule has 0 aliphatic carbocycles. The molecule has 0 saturated heterocycles. The molecule has 1 aromatic heterocycles. The summed E-state index contributed by atoms with van der Waals surface area (Å²) in [6, 6.07) is 6.76. The number of anilines is 1. The van der Waals surface area contributed by atoms with Crippen molar-refractivity contribution in [1.29, 1.82) is 0 Å². The molecule has 0 bridgehead atoms. The molecule has 2 rings (SSSR count). The maximum absolute atomic E-state index is 11.8. The molecule has 1 aromatic carbocycles. The van der Waals surface area contributed by atoms with Crippen LogP contribution in [-0.2, 0) is 0 Å². The third-order valence-corrected chi connectivity index (χ3v) is 2.42. The summed E-state index contributed by atoms with van der Waals surface area (Å²) >= 11 is 5.75. The standard InChI is InChI=1S/C12H9ClN2O3/c13-7-3-4-14-11(5-7)15-12(18)9-2-1-8(16)6-10(9)17/h1-6,16-17H,(H,14,15,18). The molecule has 0 fully saturated rings. The van der Waals surface area contributed by atoms with E-state index >= 15 is 0 Å². The van der Waals surface area contributed by atoms with E-state index in [1.807, 2.05) is 0 Å². The van der Waals surface area contributed by atoms with Gasteiger partial charge in [0, 0.05) is 17.3 Å². The van der Waals surface area contributed by atoms with E-state index in [1.54, 1.807) is 6.07 Å². The number of pyridine rings is 1. The van der Waals surface area contributed by atoms with Crippen molar-refractivity contribution in [2.24, 2.45) is 0 Å². The van der Waals surface area contributed by atoms with Crippen molar-refractivity contribution in [3.8, 4) is 11.5 Å². The van der Waals surface area contributed by atoms with E-state index in [-0.39, 0.29) is 22.9 Å². The molecule has 0 unspecified atom stereocenters. The van der Waals surface area contributed by atoms with Crippen molar-refractivity contribution in [2.45, 2.75) is 0 Å². The van der Waals surface area contributed by atoms with Crippen molar-refractivity contribution >= 4 is 23.3 Å². The molecule has 3 N–H and O–H groups in total. The zero-order chi connectivity index (χ0) is 13.1. The number of halogens is 1. The van der Waals surface area contributed by atoms with Gasteiger partial charge < -0.3 is 15.5 Å². The lowest BCUT2D eigenvalue weighted by molar-refractivity contribution is 0.102. The summed E-state index contributed by atoms with van der Waals surface area (Å²) in [5.74, 6) is -0.693. The number of nitrogens with zero attached hydrogens (tertiary/aromatic N) is 1. The average molecular weight is 265 g/mol. The summed E-state index contributed by atoms with van der Waals surface area (Å²) < 4.78 is 0. The van der Waals surface area contributed by atoms with Gasteiger partial charge in [0.1, 0.15) is 17.3 Å². The predicted octanol–water partition coefficient (Wildman–Crippen LogP) is 2.40. The smallest absolute Gasteiger partial charge is 0.260 e.